The van der Waals surface area contributed by atoms with Crippen molar-refractivity contribution in [2.45, 2.75) is 19.4 Å². The van der Waals surface area contributed by atoms with Gasteiger partial charge in [-0.2, -0.15) is 0 Å². The molecule has 0 saturated heterocycles. The molecule has 0 radical (unpaired) electrons. The molecule has 1 unspecified atom stereocenters. The molecule has 0 fully saturated rings. The van der Waals surface area contributed by atoms with E-state index < -0.39 is 0 Å². The number of pyridine rings is 1. The first-order chi connectivity index (χ1) is 11.2. The van der Waals surface area contributed by atoms with Crippen LogP contribution in [0.3, 0.4) is 0 Å². The zero-order valence-electron chi connectivity index (χ0n) is 13.5. The topological polar surface area (TPSA) is 42.2 Å². The summed E-state index contributed by atoms with van der Waals surface area (Å²) in [6.07, 6.45) is 3.55. The Labute approximate surface area is 136 Å². The second-order valence-corrected chi connectivity index (χ2v) is 5.93. The largest absolute Gasteiger partial charge is 0.359 e. The number of rotatable bonds is 6. The lowest BCUT2D eigenvalue weighted by atomic mass is 10.0. The van der Waals surface area contributed by atoms with Crippen LogP contribution in [0.1, 0.15) is 24.2 Å². The van der Waals surface area contributed by atoms with Crippen LogP contribution in [0.2, 0.25) is 0 Å². The lowest BCUT2D eigenvalue weighted by Gasteiger charge is -2.20. The molecule has 0 bridgehead atoms. The molecule has 118 valence electrons. The fourth-order valence-corrected chi connectivity index (χ4v) is 2.72. The van der Waals surface area contributed by atoms with Crippen LogP contribution in [0, 0.1) is 0 Å². The van der Waals surface area contributed by atoms with Gasteiger partial charge in [-0.25, -0.2) is 0 Å². The summed E-state index contributed by atoms with van der Waals surface area (Å²) in [6, 6.07) is 16.4. The van der Waals surface area contributed by atoms with Crippen molar-refractivity contribution in [2.75, 3.05) is 13.6 Å². The van der Waals surface area contributed by atoms with Gasteiger partial charge in [-0.05, 0) is 30.7 Å². The van der Waals surface area contributed by atoms with Gasteiger partial charge in [-0.3, -0.25) is 9.88 Å². The van der Waals surface area contributed by atoms with Gasteiger partial charge in [0.05, 0.1) is 6.54 Å². The summed E-state index contributed by atoms with van der Waals surface area (Å²) < 4.78 is 5.46. The van der Waals surface area contributed by atoms with Gasteiger partial charge < -0.3 is 4.52 Å². The van der Waals surface area contributed by atoms with Crippen molar-refractivity contribution >= 4 is 0 Å². The van der Waals surface area contributed by atoms with E-state index in [4.69, 9.17) is 4.52 Å². The predicted octanol–water partition coefficient (Wildman–Crippen LogP) is 3.97. The highest BCUT2D eigenvalue weighted by Gasteiger charge is 2.12. The molecule has 3 aromatic rings. The smallest absolute Gasteiger partial charge is 0.151 e. The first-order valence-corrected chi connectivity index (χ1v) is 7.82. The fraction of sp³-hybridized carbons (Fsp3) is 0.263. The Balaban J connectivity index is 1.60. The Kier molecular flexibility index (Phi) is 4.83. The van der Waals surface area contributed by atoms with Crippen LogP contribution in [-0.2, 0) is 6.54 Å². The van der Waals surface area contributed by atoms with Crippen LogP contribution in [0.4, 0.5) is 0 Å². The van der Waals surface area contributed by atoms with E-state index in [0.717, 1.165) is 30.1 Å². The van der Waals surface area contributed by atoms with E-state index in [9.17, 15) is 0 Å². The number of hydrogen-bond donors (Lipinski definition) is 0. The molecule has 2 heterocycles. The van der Waals surface area contributed by atoms with Crippen molar-refractivity contribution < 1.29 is 4.52 Å². The SMILES string of the molecule is CC(CN(C)Cc1cc(-c2cccnc2)no1)c1ccccc1. The first kappa shape index (κ1) is 15.4. The molecule has 0 spiro atoms. The molecule has 0 aliphatic rings. The number of benzene rings is 1. The number of likely N-dealkylation sites (N-methyl/N-ethyl adjacent to an activating group) is 1. The Bertz CT molecular complexity index is 725. The molecule has 23 heavy (non-hydrogen) atoms. The van der Waals surface area contributed by atoms with Gasteiger partial charge in [-0.1, -0.05) is 42.4 Å². The van der Waals surface area contributed by atoms with Crippen molar-refractivity contribution in [1.29, 1.82) is 0 Å². The molecule has 0 aliphatic carbocycles. The molecule has 4 nitrogen and oxygen atoms in total. The third-order valence-electron chi connectivity index (χ3n) is 3.90. The third-order valence-corrected chi connectivity index (χ3v) is 3.90. The maximum atomic E-state index is 5.46. The van der Waals surface area contributed by atoms with E-state index in [-0.39, 0.29) is 0 Å². The minimum atomic E-state index is 0.474. The summed E-state index contributed by atoms with van der Waals surface area (Å²) in [6.45, 7) is 3.95. The zero-order chi connectivity index (χ0) is 16.1. The van der Waals surface area contributed by atoms with Gasteiger partial charge in [0.25, 0.3) is 0 Å². The Morgan fingerprint density at radius 1 is 1.13 bits per heavy atom. The van der Waals surface area contributed by atoms with E-state index in [2.05, 4.69) is 59.3 Å². The van der Waals surface area contributed by atoms with Gasteiger partial charge in [-0.15, -0.1) is 0 Å². The van der Waals surface area contributed by atoms with Gasteiger partial charge >= 0.3 is 0 Å². The summed E-state index contributed by atoms with van der Waals surface area (Å²) in [5.74, 6) is 1.34. The van der Waals surface area contributed by atoms with Crippen LogP contribution in [-0.4, -0.2) is 28.6 Å². The van der Waals surface area contributed by atoms with Gasteiger partial charge in [0, 0.05) is 30.6 Å². The van der Waals surface area contributed by atoms with Crippen LogP contribution in [0.5, 0.6) is 0 Å². The maximum absolute atomic E-state index is 5.46. The summed E-state index contributed by atoms with van der Waals surface area (Å²) in [4.78, 5) is 6.37. The highest BCUT2D eigenvalue weighted by Crippen LogP contribution is 2.20. The average molecular weight is 307 g/mol. The molecule has 2 aromatic heterocycles. The van der Waals surface area contributed by atoms with E-state index in [1.807, 2.05) is 18.2 Å². The van der Waals surface area contributed by atoms with Crippen molar-refractivity contribution in [3.8, 4) is 11.3 Å². The zero-order valence-corrected chi connectivity index (χ0v) is 13.5. The summed E-state index contributed by atoms with van der Waals surface area (Å²) in [7, 11) is 2.10. The van der Waals surface area contributed by atoms with Crippen LogP contribution in [0.25, 0.3) is 11.3 Å². The van der Waals surface area contributed by atoms with E-state index in [1.165, 1.54) is 5.56 Å². The number of aromatic nitrogens is 2. The minimum Gasteiger partial charge on any atom is -0.359 e. The van der Waals surface area contributed by atoms with Crippen molar-refractivity contribution in [1.82, 2.24) is 15.0 Å². The fourth-order valence-electron chi connectivity index (χ4n) is 2.72. The lowest BCUT2D eigenvalue weighted by molar-refractivity contribution is 0.263. The molecule has 0 amide bonds. The van der Waals surface area contributed by atoms with Crippen molar-refractivity contribution in [3.63, 3.8) is 0 Å². The first-order valence-electron chi connectivity index (χ1n) is 7.82. The summed E-state index contributed by atoms with van der Waals surface area (Å²) in [5, 5.41) is 4.14. The van der Waals surface area contributed by atoms with Crippen LogP contribution >= 0.6 is 0 Å². The highest BCUT2D eigenvalue weighted by molar-refractivity contribution is 5.57. The van der Waals surface area contributed by atoms with Gasteiger partial charge in [0.1, 0.15) is 5.69 Å². The van der Waals surface area contributed by atoms with Crippen LogP contribution < -0.4 is 0 Å². The minimum absolute atomic E-state index is 0.474. The summed E-state index contributed by atoms with van der Waals surface area (Å²) >= 11 is 0. The van der Waals surface area contributed by atoms with Crippen LogP contribution in [0.15, 0.2) is 65.4 Å². The molecule has 0 N–H and O–H groups in total. The standard InChI is InChI=1S/C19H21N3O/c1-15(16-7-4-3-5-8-16)13-22(2)14-18-11-19(21-23-18)17-9-6-10-20-12-17/h3-12,15H,13-14H2,1-2H3. The molecule has 0 aliphatic heterocycles. The van der Waals surface area contributed by atoms with Crippen molar-refractivity contribution in [2.24, 2.45) is 0 Å². The second-order valence-electron chi connectivity index (χ2n) is 5.93. The molecule has 3 rings (SSSR count). The number of hydrogen-bond acceptors (Lipinski definition) is 4. The monoisotopic (exact) mass is 307 g/mol. The average Bonchev–Trinajstić information content (AvgIpc) is 3.04. The molecule has 0 saturated carbocycles. The van der Waals surface area contributed by atoms with Gasteiger partial charge in [0.15, 0.2) is 5.76 Å². The molecular formula is C19H21N3O. The quantitative estimate of drug-likeness (QED) is 0.691. The lowest BCUT2D eigenvalue weighted by Crippen LogP contribution is -2.22. The second kappa shape index (κ2) is 7.20. The normalized spacial score (nSPS) is 12.5. The Morgan fingerprint density at radius 2 is 1.96 bits per heavy atom. The van der Waals surface area contributed by atoms with E-state index in [1.54, 1.807) is 12.4 Å². The molecule has 1 atom stereocenters. The third kappa shape index (κ3) is 4.05. The maximum Gasteiger partial charge on any atom is 0.151 e. The Hall–Kier alpha value is -2.46. The van der Waals surface area contributed by atoms with Gasteiger partial charge in [0.2, 0.25) is 0 Å². The highest BCUT2D eigenvalue weighted by atomic mass is 16.5. The molecular weight excluding hydrogens is 286 g/mol. The molecule has 4 heteroatoms. The number of nitrogens with zero attached hydrogens (tertiary/aromatic N) is 3. The van der Waals surface area contributed by atoms with E-state index >= 15 is 0 Å². The van der Waals surface area contributed by atoms with E-state index in [0.29, 0.717) is 5.92 Å². The summed E-state index contributed by atoms with van der Waals surface area (Å²) in [5.41, 5.74) is 3.16. The van der Waals surface area contributed by atoms with Crippen molar-refractivity contribution in [3.05, 3.63) is 72.2 Å². The predicted molar refractivity (Wildman–Crippen MR) is 90.9 cm³/mol. The molecule has 1 aromatic carbocycles. The Morgan fingerprint density at radius 3 is 2.70 bits per heavy atom.